The molecule has 2 aromatic rings. The molecule has 0 fully saturated rings. The molecule has 1 unspecified atom stereocenters. The topological polar surface area (TPSA) is 35.5 Å². The molecule has 0 saturated heterocycles. The number of esters is 1. The summed E-state index contributed by atoms with van der Waals surface area (Å²) in [6.07, 6.45) is -0.123. The lowest BCUT2D eigenvalue weighted by atomic mass is 10.1. The largest absolute Gasteiger partial charge is 0.479 e. The van der Waals surface area contributed by atoms with Gasteiger partial charge in [0.2, 0.25) is 0 Å². The molecule has 1 atom stereocenters. The Morgan fingerprint density at radius 3 is 2.09 bits per heavy atom. The van der Waals surface area contributed by atoms with Gasteiger partial charge in [-0.25, -0.2) is 4.79 Å². The lowest BCUT2D eigenvalue weighted by Crippen LogP contribution is -2.30. The molecule has 0 bridgehead atoms. The predicted molar refractivity (Wildman–Crippen MR) is 87.8 cm³/mol. The van der Waals surface area contributed by atoms with E-state index in [1.807, 2.05) is 63.2 Å². The van der Waals surface area contributed by atoms with E-state index in [4.69, 9.17) is 9.47 Å². The summed E-state index contributed by atoms with van der Waals surface area (Å²) in [6.45, 7) is 5.57. The van der Waals surface area contributed by atoms with Crippen molar-refractivity contribution < 1.29 is 14.3 Å². The molecule has 116 valence electrons. The first-order chi connectivity index (χ1) is 10.6. The van der Waals surface area contributed by atoms with Crippen molar-refractivity contribution >= 4 is 5.97 Å². The second kappa shape index (κ2) is 7.64. The summed E-state index contributed by atoms with van der Waals surface area (Å²) in [5.41, 5.74) is 2.27. The van der Waals surface area contributed by atoms with E-state index in [1.54, 1.807) is 0 Å². The van der Waals surface area contributed by atoms with Gasteiger partial charge in [0.15, 0.2) is 6.10 Å². The van der Waals surface area contributed by atoms with Gasteiger partial charge in [-0.05, 0) is 43.5 Å². The summed E-state index contributed by atoms with van der Waals surface area (Å²) >= 11 is 0. The summed E-state index contributed by atoms with van der Waals surface area (Å²) in [4.78, 5) is 11.9. The van der Waals surface area contributed by atoms with Crippen LogP contribution in [0.2, 0.25) is 0 Å². The van der Waals surface area contributed by atoms with Crippen LogP contribution in [0.15, 0.2) is 54.6 Å². The molecule has 0 heterocycles. The van der Waals surface area contributed by atoms with Crippen LogP contribution in [0, 0.1) is 0 Å². The fraction of sp³-hybridized carbons (Fsp3) is 0.316. The van der Waals surface area contributed by atoms with E-state index in [2.05, 4.69) is 12.1 Å². The molecule has 22 heavy (non-hydrogen) atoms. The predicted octanol–water partition coefficient (Wildman–Crippen LogP) is 4.46. The van der Waals surface area contributed by atoms with E-state index >= 15 is 0 Å². The molecule has 0 amide bonds. The molecule has 0 N–H and O–H groups in total. The third kappa shape index (κ3) is 4.35. The summed E-state index contributed by atoms with van der Waals surface area (Å²) in [5.74, 6) is 0.358. The first-order valence-electron chi connectivity index (χ1n) is 7.62. The average molecular weight is 298 g/mol. The number of ether oxygens (including phenoxy) is 2. The molecule has 0 aliphatic heterocycles. The summed E-state index contributed by atoms with van der Waals surface area (Å²) in [6, 6.07) is 17.9. The van der Waals surface area contributed by atoms with Crippen molar-refractivity contribution in [2.75, 3.05) is 0 Å². The maximum Gasteiger partial charge on any atom is 0.347 e. The molecule has 0 aliphatic carbocycles. The second-order valence-electron chi connectivity index (χ2n) is 5.39. The molecule has 0 radical (unpaired) electrons. The Hall–Kier alpha value is -2.29. The Morgan fingerprint density at radius 1 is 0.955 bits per heavy atom. The first-order valence-corrected chi connectivity index (χ1v) is 7.62. The Labute approximate surface area is 131 Å². The molecule has 0 saturated carbocycles. The minimum atomic E-state index is -0.565. The van der Waals surface area contributed by atoms with Gasteiger partial charge in [-0.2, -0.15) is 0 Å². The van der Waals surface area contributed by atoms with Gasteiger partial charge < -0.3 is 9.47 Å². The van der Waals surface area contributed by atoms with Gasteiger partial charge in [0.25, 0.3) is 0 Å². The first kappa shape index (κ1) is 16.1. The zero-order chi connectivity index (χ0) is 15.9. The van der Waals surface area contributed by atoms with Crippen LogP contribution in [0.3, 0.4) is 0 Å². The van der Waals surface area contributed by atoms with Crippen molar-refractivity contribution in [1.82, 2.24) is 0 Å². The molecule has 0 aromatic heterocycles. The highest BCUT2D eigenvalue weighted by Crippen LogP contribution is 2.23. The third-order valence-electron chi connectivity index (χ3n) is 3.23. The maximum atomic E-state index is 11.9. The van der Waals surface area contributed by atoms with E-state index < -0.39 is 6.10 Å². The standard InChI is InChI=1S/C19H22O3/c1-4-18(19(20)21-14(2)3)22-17-12-10-16(11-13-17)15-8-6-5-7-9-15/h5-14,18H,4H2,1-3H3. The summed E-state index contributed by atoms with van der Waals surface area (Å²) in [5, 5.41) is 0. The third-order valence-corrected chi connectivity index (χ3v) is 3.23. The number of hydrogen-bond acceptors (Lipinski definition) is 3. The van der Waals surface area contributed by atoms with Crippen molar-refractivity contribution in [3.05, 3.63) is 54.6 Å². The quantitative estimate of drug-likeness (QED) is 0.738. The highest BCUT2D eigenvalue weighted by molar-refractivity contribution is 5.75. The van der Waals surface area contributed by atoms with Crippen molar-refractivity contribution in [3.63, 3.8) is 0 Å². The maximum absolute atomic E-state index is 11.9. The van der Waals surface area contributed by atoms with Crippen LogP contribution in [0.25, 0.3) is 11.1 Å². The van der Waals surface area contributed by atoms with Gasteiger partial charge >= 0.3 is 5.97 Å². The molecule has 2 rings (SSSR count). The minimum absolute atomic E-state index is 0.134. The zero-order valence-corrected chi connectivity index (χ0v) is 13.3. The lowest BCUT2D eigenvalue weighted by molar-refractivity contribution is -0.155. The van der Waals surface area contributed by atoms with Crippen LogP contribution < -0.4 is 4.74 Å². The van der Waals surface area contributed by atoms with Gasteiger partial charge in [-0.1, -0.05) is 49.4 Å². The fourth-order valence-electron chi connectivity index (χ4n) is 2.13. The van der Waals surface area contributed by atoms with Crippen molar-refractivity contribution in [1.29, 1.82) is 0 Å². The SMILES string of the molecule is CCC(Oc1ccc(-c2ccccc2)cc1)C(=O)OC(C)C. The van der Waals surface area contributed by atoms with Gasteiger partial charge in [-0.15, -0.1) is 0 Å². The molecular weight excluding hydrogens is 276 g/mol. The van der Waals surface area contributed by atoms with Crippen molar-refractivity contribution in [2.24, 2.45) is 0 Å². The van der Waals surface area contributed by atoms with Crippen molar-refractivity contribution in [3.8, 4) is 16.9 Å². The molecule has 0 aliphatic rings. The molecule has 0 spiro atoms. The molecule has 3 nitrogen and oxygen atoms in total. The molecule has 2 aromatic carbocycles. The van der Waals surface area contributed by atoms with E-state index in [9.17, 15) is 4.79 Å². The summed E-state index contributed by atoms with van der Waals surface area (Å²) in [7, 11) is 0. The Balaban J connectivity index is 2.05. The Morgan fingerprint density at radius 2 is 1.55 bits per heavy atom. The van der Waals surface area contributed by atoms with Crippen LogP contribution in [0.4, 0.5) is 0 Å². The van der Waals surface area contributed by atoms with Gasteiger partial charge in [0, 0.05) is 0 Å². The highest BCUT2D eigenvalue weighted by Gasteiger charge is 2.21. The molecular formula is C19H22O3. The van der Waals surface area contributed by atoms with Gasteiger partial charge in [0.05, 0.1) is 6.10 Å². The van der Waals surface area contributed by atoms with E-state index in [-0.39, 0.29) is 12.1 Å². The van der Waals surface area contributed by atoms with Crippen LogP contribution in [-0.2, 0) is 9.53 Å². The Kier molecular flexibility index (Phi) is 5.59. The number of carbonyl (C=O) groups is 1. The minimum Gasteiger partial charge on any atom is -0.479 e. The highest BCUT2D eigenvalue weighted by atomic mass is 16.6. The smallest absolute Gasteiger partial charge is 0.347 e. The van der Waals surface area contributed by atoms with E-state index in [0.717, 1.165) is 11.1 Å². The fourth-order valence-corrected chi connectivity index (χ4v) is 2.13. The normalized spacial score (nSPS) is 12.0. The zero-order valence-electron chi connectivity index (χ0n) is 13.3. The Bertz CT molecular complexity index is 588. The van der Waals surface area contributed by atoms with Crippen molar-refractivity contribution in [2.45, 2.75) is 39.4 Å². The van der Waals surface area contributed by atoms with Crippen LogP contribution in [0.5, 0.6) is 5.75 Å². The monoisotopic (exact) mass is 298 g/mol. The number of hydrogen-bond donors (Lipinski definition) is 0. The number of benzene rings is 2. The number of rotatable bonds is 6. The van der Waals surface area contributed by atoms with Crippen LogP contribution in [0.1, 0.15) is 27.2 Å². The number of carbonyl (C=O) groups excluding carboxylic acids is 1. The van der Waals surface area contributed by atoms with E-state index in [1.165, 1.54) is 0 Å². The molecule has 3 heteroatoms. The lowest BCUT2D eigenvalue weighted by Gasteiger charge is -2.18. The summed E-state index contributed by atoms with van der Waals surface area (Å²) < 4.78 is 10.9. The van der Waals surface area contributed by atoms with Crippen LogP contribution >= 0.6 is 0 Å². The average Bonchev–Trinajstić information content (AvgIpc) is 2.53. The van der Waals surface area contributed by atoms with Gasteiger partial charge in [-0.3, -0.25) is 0 Å². The van der Waals surface area contributed by atoms with Crippen LogP contribution in [-0.4, -0.2) is 18.2 Å². The van der Waals surface area contributed by atoms with Gasteiger partial charge in [0.1, 0.15) is 5.75 Å². The second-order valence-corrected chi connectivity index (χ2v) is 5.39. The van der Waals surface area contributed by atoms with E-state index in [0.29, 0.717) is 12.2 Å².